The van der Waals surface area contributed by atoms with E-state index in [2.05, 4.69) is 0 Å². The van der Waals surface area contributed by atoms with Gasteiger partial charge in [-0.15, -0.1) is 0 Å². The molecule has 0 aromatic heterocycles. The number of rotatable bonds is 3. The number of carbonyl (C=O) groups excluding carboxylic acids is 1. The molecule has 3 N–H and O–H groups in total. The van der Waals surface area contributed by atoms with Gasteiger partial charge in [0.15, 0.2) is 0 Å². The van der Waals surface area contributed by atoms with Crippen molar-refractivity contribution in [2.75, 3.05) is 13.4 Å². The van der Waals surface area contributed by atoms with Crippen LogP contribution in [0.25, 0.3) is 0 Å². The number of hydrogen-bond donors (Lipinski definition) is 2. The zero-order valence-corrected chi connectivity index (χ0v) is 5.95. The highest BCUT2D eigenvalue weighted by molar-refractivity contribution is 5.87. The molecule has 0 spiro atoms. The molecular formula is C6H12N2O2. The predicted molar refractivity (Wildman–Crippen MR) is 37.8 cm³/mol. The van der Waals surface area contributed by atoms with Crippen LogP contribution in [0.5, 0.6) is 0 Å². The number of hydrogen-bond acceptors (Lipinski definition) is 3. The third kappa shape index (κ3) is 2.61. The summed E-state index contributed by atoms with van der Waals surface area (Å²) in [5.74, 6) is -0.271. The Morgan fingerprint density at radius 2 is 2.40 bits per heavy atom. The molecule has 10 heavy (non-hydrogen) atoms. The lowest BCUT2D eigenvalue weighted by atomic mass is 10.5. The highest BCUT2D eigenvalue weighted by Crippen LogP contribution is 1.85. The molecule has 0 heterocycles. The van der Waals surface area contributed by atoms with Gasteiger partial charge in [-0.25, -0.2) is 0 Å². The van der Waals surface area contributed by atoms with Gasteiger partial charge in [0, 0.05) is 0 Å². The van der Waals surface area contributed by atoms with Crippen LogP contribution in [0.3, 0.4) is 0 Å². The van der Waals surface area contributed by atoms with E-state index in [1.165, 1.54) is 6.08 Å². The van der Waals surface area contributed by atoms with Gasteiger partial charge in [-0.3, -0.25) is 4.79 Å². The lowest BCUT2D eigenvalue weighted by Crippen LogP contribution is -2.35. The van der Waals surface area contributed by atoms with Crippen molar-refractivity contribution >= 4 is 5.91 Å². The Bertz CT molecular complexity index is 130. The molecule has 0 aliphatic rings. The smallest absolute Gasteiger partial charge is 0.249 e. The Hall–Kier alpha value is -0.870. The highest BCUT2D eigenvalue weighted by atomic mass is 16.3. The summed E-state index contributed by atoms with van der Waals surface area (Å²) in [6, 6.07) is 0. The van der Waals surface area contributed by atoms with Crippen LogP contribution in [0.2, 0.25) is 0 Å². The molecule has 58 valence electrons. The first-order valence-corrected chi connectivity index (χ1v) is 2.98. The first kappa shape index (κ1) is 9.13. The summed E-state index contributed by atoms with van der Waals surface area (Å²) >= 11 is 0. The summed E-state index contributed by atoms with van der Waals surface area (Å²) in [4.78, 5) is 11.9. The molecule has 4 heteroatoms. The van der Waals surface area contributed by atoms with Crippen LogP contribution in [0.15, 0.2) is 12.2 Å². The maximum absolute atomic E-state index is 10.8. The van der Waals surface area contributed by atoms with Crippen molar-refractivity contribution in [2.24, 2.45) is 5.73 Å². The molecule has 0 rings (SSSR count). The zero-order valence-electron chi connectivity index (χ0n) is 5.95. The zero-order chi connectivity index (χ0) is 7.98. The molecule has 0 saturated heterocycles. The Morgan fingerprint density at radius 1 is 1.80 bits per heavy atom. The molecule has 0 aromatic rings. The van der Waals surface area contributed by atoms with E-state index in [-0.39, 0.29) is 19.3 Å². The molecule has 0 bridgehead atoms. The van der Waals surface area contributed by atoms with Crippen molar-refractivity contribution in [1.82, 2.24) is 4.90 Å². The Morgan fingerprint density at radius 3 is 2.70 bits per heavy atom. The van der Waals surface area contributed by atoms with Crippen LogP contribution in [0.4, 0.5) is 0 Å². The Balaban J connectivity index is 3.89. The fourth-order valence-corrected chi connectivity index (χ4v) is 0.465. The van der Waals surface area contributed by atoms with E-state index in [4.69, 9.17) is 10.8 Å². The van der Waals surface area contributed by atoms with E-state index in [0.29, 0.717) is 0 Å². The number of aliphatic hydroxyl groups is 1. The monoisotopic (exact) mass is 144 g/mol. The first-order chi connectivity index (χ1) is 4.76. The van der Waals surface area contributed by atoms with Gasteiger partial charge in [-0.1, -0.05) is 6.08 Å². The van der Waals surface area contributed by atoms with E-state index in [1.807, 2.05) is 0 Å². The van der Waals surface area contributed by atoms with Gasteiger partial charge in [0.25, 0.3) is 0 Å². The van der Waals surface area contributed by atoms with E-state index >= 15 is 0 Å². The van der Waals surface area contributed by atoms with Crippen LogP contribution in [-0.4, -0.2) is 29.3 Å². The second-order valence-electron chi connectivity index (χ2n) is 1.70. The molecule has 0 saturated carbocycles. The standard InChI is InChI=1S/C6H12N2O2/c1-2-3-6(10)8(4-7)5-9/h2-3,9H,4-5,7H2,1H3/b3-2-. The van der Waals surface area contributed by atoms with Gasteiger partial charge in [0.1, 0.15) is 6.73 Å². The van der Waals surface area contributed by atoms with E-state index in [0.717, 1.165) is 4.90 Å². The van der Waals surface area contributed by atoms with Crippen molar-refractivity contribution in [1.29, 1.82) is 0 Å². The second kappa shape index (κ2) is 4.96. The molecular weight excluding hydrogens is 132 g/mol. The molecule has 4 nitrogen and oxygen atoms in total. The Kier molecular flexibility index (Phi) is 4.53. The van der Waals surface area contributed by atoms with Crippen molar-refractivity contribution in [3.63, 3.8) is 0 Å². The van der Waals surface area contributed by atoms with Gasteiger partial charge in [-0.2, -0.15) is 0 Å². The minimum atomic E-state index is -0.334. The maximum atomic E-state index is 10.8. The minimum absolute atomic E-state index is 0.0413. The quantitative estimate of drug-likeness (QED) is 0.405. The lowest BCUT2D eigenvalue weighted by molar-refractivity contribution is -0.129. The number of aliphatic hydroxyl groups excluding tert-OH is 1. The summed E-state index contributed by atoms with van der Waals surface area (Å²) in [7, 11) is 0. The highest BCUT2D eigenvalue weighted by Gasteiger charge is 2.04. The fourth-order valence-electron chi connectivity index (χ4n) is 0.465. The van der Waals surface area contributed by atoms with Gasteiger partial charge < -0.3 is 15.7 Å². The fraction of sp³-hybridized carbons (Fsp3) is 0.500. The summed E-state index contributed by atoms with van der Waals surface area (Å²) < 4.78 is 0. The third-order valence-electron chi connectivity index (χ3n) is 1.01. The Labute approximate surface area is 59.9 Å². The van der Waals surface area contributed by atoms with E-state index in [1.54, 1.807) is 13.0 Å². The molecule has 0 fully saturated rings. The van der Waals surface area contributed by atoms with E-state index < -0.39 is 0 Å². The van der Waals surface area contributed by atoms with Crippen LogP contribution in [0.1, 0.15) is 6.92 Å². The summed E-state index contributed by atoms with van der Waals surface area (Å²) in [5, 5.41) is 8.51. The second-order valence-corrected chi connectivity index (χ2v) is 1.70. The lowest BCUT2D eigenvalue weighted by Gasteiger charge is -2.14. The number of allylic oxidation sites excluding steroid dienone is 1. The maximum Gasteiger partial charge on any atom is 0.249 e. The van der Waals surface area contributed by atoms with Gasteiger partial charge in [-0.05, 0) is 13.0 Å². The number of nitrogens with zero attached hydrogens (tertiary/aromatic N) is 1. The number of nitrogens with two attached hydrogens (primary N) is 1. The largest absolute Gasteiger partial charge is 0.376 e. The van der Waals surface area contributed by atoms with Crippen LogP contribution < -0.4 is 5.73 Å². The molecule has 0 atom stereocenters. The SMILES string of the molecule is C/C=C\C(=O)N(CN)CO. The summed E-state index contributed by atoms with van der Waals surface area (Å²) in [6.45, 7) is 1.43. The molecule has 1 amide bonds. The van der Waals surface area contributed by atoms with Gasteiger partial charge in [0.2, 0.25) is 5.91 Å². The molecule has 0 radical (unpaired) electrons. The average Bonchev–Trinajstić information content (AvgIpc) is 1.91. The van der Waals surface area contributed by atoms with Gasteiger partial charge >= 0.3 is 0 Å². The van der Waals surface area contributed by atoms with Crippen LogP contribution >= 0.6 is 0 Å². The van der Waals surface area contributed by atoms with Crippen molar-refractivity contribution in [3.05, 3.63) is 12.2 Å². The van der Waals surface area contributed by atoms with E-state index in [9.17, 15) is 4.79 Å². The topological polar surface area (TPSA) is 66.6 Å². The molecule has 0 aromatic carbocycles. The van der Waals surface area contributed by atoms with Gasteiger partial charge in [0.05, 0.1) is 6.67 Å². The number of amides is 1. The van der Waals surface area contributed by atoms with Crippen molar-refractivity contribution < 1.29 is 9.90 Å². The number of carbonyl (C=O) groups is 1. The average molecular weight is 144 g/mol. The van der Waals surface area contributed by atoms with Crippen LogP contribution in [-0.2, 0) is 4.79 Å². The van der Waals surface area contributed by atoms with Crippen molar-refractivity contribution in [2.45, 2.75) is 6.92 Å². The third-order valence-corrected chi connectivity index (χ3v) is 1.01. The minimum Gasteiger partial charge on any atom is -0.376 e. The first-order valence-electron chi connectivity index (χ1n) is 2.98. The van der Waals surface area contributed by atoms with Crippen molar-refractivity contribution in [3.8, 4) is 0 Å². The molecule has 0 aliphatic carbocycles. The predicted octanol–water partition coefficient (Wildman–Crippen LogP) is -0.743. The summed E-state index contributed by atoms with van der Waals surface area (Å²) in [5.41, 5.74) is 5.13. The molecule has 0 unspecified atom stereocenters. The normalized spacial score (nSPS) is 10.3. The van der Waals surface area contributed by atoms with Crippen LogP contribution in [0, 0.1) is 0 Å². The molecule has 0 aliphatic heterocycles. The summed E-state index contributed by atoms with van der Waals surface area (Å²) in [6.07, 6.45) is 2.95.